The van der Waals surface area contributed by atoms with Crippen LogP contribution in [0, 0.1) is 5.92 Å². The Morgan fingerprint density at radius 2 is 1.92 bits per heavy atom. The molecule has 2 N–H and O–H groups in total. The van der Waals surface area contributed by atoms with Crippen molar-refractivity contribution in [1.82, 2.24) is 9.88 Å². The minimum absolute atomic E-state index is 0.209. The lowest BCUT2D eigenvalue weighted by molar-refractivity contribution is -0.125. The maximum Gasteiger partial charge on any atom is 0.255 e. The van der Waals surface area contributed by atoms with Crippen LogP contribution in [0.2, 0.25) is 0 Å². The van der Waals surface area contributed by atoms with E-state index in [1.54, 1.807) is 37.4 Å². The summed E-state index contributed by atoms with van der Waals surface area (Å²) in [5, 5.41) is 5.01. The summed E-state index contributed by atoms with van der Waals surface area (Å²) in [4.78, 5) is 46.6. The van der Waals surface area contributed by atoms with E-state index in [4.69, 9.17) is 0 Å². The SMILES string of the molecule is Cn1ccc(C(=O)Nc2ccc(C[C@@H]3CC(=O)NC3=O)cc2)cc1=O. The number of amides is 3. The molecule has 2 aromatic rings. The maximum atomic E-state index is 12.2. The quantitative estimate of drug-likeness (QED) is 0.807. The molecule has 0 spiro atoms. The molecule has 0 aliphatic carbocycles. The van der Waals surface area contributed by atoms with Crippen molar-refractivity contribution in [3.05, 3.63) is 64.1 Å². The maximum absolute atomic E-state index is 12.2. The Morgan fingerprint density at radius 3 is 2.52 bits per heavy atom. The predicted octanol–water partition coefficient (Wildman–Crippen LogP) is 0.843. The van der Waals surface area contributed by atoms with Gasteiger partial charge in [-0.3, -0.25) is 24.5 Å². The van der Waals surface area contributed by atoms with Gasteiger partial charge < -0.3 is 9.88 Å². The molecular weight excluding hydrogens is 322 g/mol. The highest BCUT2D eigenvalue weighted by molar-refractivity contribution is 6.04. The first-order chi connectivity index (χ1) is 11.9. The van der Waals surface area contributed by atoms with Gasteiger partial charge in [0.2, 0.25) is 11.8 Å². The van der Waals surface area contributed by atoms with Crippen molar-refractivity contribution in [3.63, 3.8) is 0 Å². The molecule has 25 heavy (non-hydrogen) atoms. The van der Waals surface area contributed by atoms with E-state index in [9.17, 15) is 19.2 Å². The molecule has 7 nitrogen and oxygen atoms in total. The van der Waals surface area contributed by atoms with Crippen LogP contribution in [0.5, 0.6) is 0 Å². The highest BCUT2D eigenvalue weighted by Crippen LogP contribution is 2.19. The summed E-state index contributed by atoms with van der Waals surface area (Å²) in [5.41, 5.74) is 1.52. The number of aromatic nitrogens is 1. The van der Waals surface area contributed by atoms with Crippen LogP contribution in [-0.4, -0.2) is 22.3 Å². The number of hydrogen-bond donors (Lipinski definition) is 2. The lowest BCUT2D eigenvalue weighted by atomic mass is 9.98. The van der Waals surface area contributed by atoms with Gasteiger partial charge in [-0.25, -0.2) is 0 Å². The molecule has 128 valence electrons. The summed E-state index contributed by atoms with van der Waals surface area (Å²) in [7, 11) is 1.61. The number of pyridine rings is 1. The van der Waals surface area contributed by atoms with Gasteiger partial charge in [0.1, 0.15) is 0 Å². The van der Waals surface area contributed by atoms with E-state index in [1.165, 1.54) is 16.8 Å². The molecule has 1 fully saturated rings. The summed E-state index contributed by atoms with van der Waals surface area (Å²) in [6.07, 6.45) is 2.22. The number of anilines is 1. The van der Waals surface area contributed by atoms with Crippen molar-refractivity contribution in [2.75, 3.05) is 5.32 Å². The van der Waals surface area contributed by atoms with Gasteiger partial charge in [0.15, 0.2) is 0 Å². The number of nitrogens with one attached hydrogen (secondary N) is 2. The number of rotatable bonds is 4. The molecule has 1 atom stereocenters. The summed E-state index contributed by atoms with van der Waals surface area (Å²) in [6, 6.07) is 9.90. The zero-order valence-electron chi connectivity index (χ0n) is 13.6. The summed E-state index contributed by atoms with van der Waals surface area (Å²) in [6.45, 7) is 0. The van der Waals surface area contributed by atoms with Gasteiger partial charge in [-0.15, -0.1) is 0 Å². The largest absolute Gasteiger partial charge is 0.322 e. The van der Waals surface area contributed by atoms with Crippen LogP contribution in [0.25, 0.3) is 0 Å². The van der Waals surface area contributed by atoms with E-state index >= 15 is 0 Å². The van der Waals surface area contributed by atoms with Crippen LogP contribution in [0.4, 0.5) is 5.69 Å². The number of carbonyl (C=O) groups excluding carboxylic acids is 3. The van der Waals surface area contributed by atoms with Crippen LogP contribution < -0.4 is 16.2 Å². The topological polar surface area (TPSA) is 97.3 Å². The van der Waals surface area contributed by atoms with Gasteiger partial charge in [0, 0.05) is 37.0 Å². The highest BCUT2D eigenvalue weighted by Gasteiger charge is 2.30. The van der Waals surface area contributed by atoms with E-state index in [1.807, 2.05) is 0 Å². The molecule has 1 aliphatic heterocycles. The first kappa shape index (κ1) is 16.6. The lowest BCUT2D eigenvalue weighted by Gasteiger charge is -2.09. The second-order valence-electron chi connectivity index (χ2n) is 6.03. The zero-order chi connectivity index (χ0) is 18.0. The van der Waals surface area contributed by atoms with Gasteiger partial charge in [-0.1, -0.05) is 12.1 Å². The predicted molar refractivity (Wildman–Crippen MR) is 91.0 cm³/mol. The Balaban J connectivity index is 1.65. The van der Waals surface area contributed by atoms with Crippen LogP contribution in [0.3, 0.4) is 0 Å². The van der Waals surface area contributed by atoms with Crippen molar-refractivity contribution >= 4 is 23.4 Å². The third-order valence-electron chi connectivity index (χ3n) is 4.13. The Morgan fingerprint density at radius 1 is 1.20 bits per heavy atom. The van der Waals surface area contributed by atoms with Crippen LogP contribution >= 0.6 is 0 Å². The molecule has 0 unspecified atom stereocenters. The molecule has 1 saturated heterocycles. The van der Waals surface area contributed by atoms with E-state index in [2.05, 4.69) is 10.6 Å². The number of benzene rings is 1. The van der Waals surface area contributed by atoms with Gasteiger partial charge in [0.25, 0.3) is 11.5 Å². The fourth-order valence-electron chi connectivity index (χ4n) is 2.67. The molecule has 1 aliphatic rings. The number of aryl methyl sites for hydroxylation is 1. The van der Waals surface area contributed by atoms with E-state index < -0.39 is 0 Å². The number of carbonyl (C=O) groups is 3. The molecular formula is C18H17N3O4. The Labute approximate surface area is 143 Å². The van der Waals surface area contributed by atoms with Crippen molar-refractivity contribution < 1.29 is 14.4 Å². The second-order valence-corrected chi connectivity index (χ2v) is 6.03. The second kappa shape index (κ2) is 6.72. The van der Waals surface area contributed by atoms with Crippen molar-refractivity contribution in [2.45, 2.75) is 12.8 Å². The molecule has 7 heteroatoms. The smallest absolute Gasteiger partial charge is 0.255 e. The standard InChI is InChI=1S/C18H17N3O4/c1-21-7-6-12(10-16(21)23)17(24)19-14-4-2-11(3-5-14)8-13-9-15(22)20-18(13)25/h2-7,10,13H,8-9H2,1H3,(H,19,24)(H,20,22,25)/t13-/m1/s1. The van der Waals surface area contributed by atoms with Crippen LogP contribution in [0.15, 0.2) is 47.4 Å². The first-order valence-corrected chi connectivity index (χ1v) is 7.83. The third-order valence-corrected chi connectivity index (χ3v) is 4.13. The van der Waals surface area contributed by atoms with Crippen LogP contribution in [0.1, 0.15) is 22.3 Å². The monoisotopic (exact) mass is 339 g/mol. The van der Waals surface area contributed by atoms with Crippen molar-refractivity contribution in [2.24, 2.45) is 13.0 Å². The summed E-state index contributed by atoms with van der Waals surface area (Å²) < 4.78 is 1.38. The molecule has 0 radical (unpaired) electrons. The van der Waals surface area contributed by atoms with Crippen molar-refractivity contribution in [1.29, 1.82) is 0 Å². The molecule has 3 rings (SSSR count). The number of imide groups is 1. The molecule has 0 bridgehead atoms. The molecule has 1 aromatic heterocycles. The molecule has 2 heterocycles. The van der Waals surface area contributed by atoms with Crippen molar-refractivity contribution in [3.8, 4) is 0 Å². The lowest BCUT2D eigenvalue weighted by Crippen LogP contribution is -2.22. The molecule has 0 saturated carbocycles. The summed E-state index contributed by atoms with van der Waals surface area (Å²) >= 11 is 0. The fourth-order valence-corrected chi connectivity index (χ4v) is 2.67. The number of hydrogen-bond acceptors (Lipinski definition) is 4. The number of nitrogens with zero attached hydrogens (tertiary/aromatic N) is 1. The van der Waals surface area contributed by atoms with E-state index in [-0.39, 0.29) is 41.2 Å². The fraction of sp³-hybridized carbons (Fsp3) is 0.222. The molecule has 3 amide bonds. The Bertz CT molecular complexity index is 899. The van der Waals surface area contributed by atoms with Crippen LogP contribution in [-0.2, 0) is 23.1 Å². The summed E-state index contributed by atoms with van der Waals surface area (Å²) in [5.74, 6) is -1.19. The van der Waals surface area contributed by atoms with E-state index in [0.717, 1.165) is 5.56 Å². The van der Waals surface area contributed by atoms with Gasteiger partial charge >= 0.3 is 0 Å². The van der Waals surface area contributed by atoms with E-state index in [0.29, 0.717) is 12.1 Å². The highest BCUT2D eigenvalue weighted by atomic mass is 16.2. The third kappa shape index (κ3) is 3.82. The van der Waals surface area contributed by atoms with Gasteiger partial charge in [-0.2, -0.15) is 0 Å². The Hall–Kier alpha value is -3.22. The average molecular weight is 339 g/mol. The zero-order valence-corrected chi connectivity index (χ0v) is 13.6. The first-order valence-electron chi connectivity index (χ1n) is 7.83. The average Bonchev–Trinajstić information content (AvgIpc) is 2.89. The normalized spacial score (nSPS) is 16.6. The minimum Gasteiger partial charge on any atom is -0.322 e. The minimum atomic E-state index is -0.369. The Kier molecular flexibility index (Phi) is 4.47. The van der Waals surface area contributed by atoms with Gasteiger partial charge in [0.05, 0.1) is 5.92 Å². The molecule has 1 aromatic carbocycles. The van der Waals surface area contributed by atoms with Gasteiger partial charge in [-0.05, 0) is 30.2 Å².